The molecule has 2 aromatic rings. The van der Waals surface area contributed by atoms with E-state index in [0.29, 0.717) is 0 Å². The normalized spacial score (nSPS) is 20.5. The highest BCUT2D eigenvalue weighted by Crippen LogP contribution is 2.30. The number of imide groups is 1. The van der Waals surface area contributed by atoms with Gasteiger partial charge in [-0.2, -0.15) is 11.3 Å². The average Bonchev–Trinajstić information content (AvgIpc) is 3.26. The Morgan fingerprint density at radius 3 is 2.56 bits per heavy atom. The van der Waals surface area contributed by atoms with Crippen molar-refractivity contribution in [1.82, 2.24) is 15.5 Å². The van der Waals surface area contributed by atoms with Crippen LogP contribution in [-0.2, 0) is 21.5 Å². The number of nitrogens with zero attached hydrogens (tertiary/aromatic N) is 1. The second-order valence-corrected chi connectivity index (χ2v) is 7.62. The Kier molecular flexibility index (Phi) is 5.32. The minimum absolute atomic E-state index is 0.215. The Morgan fingerprint density at radius 1 is 1.26 bits per heavy atom. The number of amides is 4. The van der Waals surface area contributed by atoms with E-state index in [1.165, 1.54) is 16.9 Å². The molecule has 27 heavy (non-hydrogen) atoms. The van der Waals surface area contributed by atoms with Crippen LogP contribution in [0.3, 0.4) is 0 Å². The number of carbonyl (C=O) groups excluding carboxylic acids is 3. The van der Waals surface area contributed by atoms with Gasteiger partial charge in [0.25, 0.3) is 5.91 Å². The third-order valence-electron chi connectivity index (χ3n) is 4.94. The van der Waals surface area contributed by atoms with Gasteiger partial charge in [-0.15, -0.1) is 0 Å². The zero-order valence-electron chi connectivity index (χ0n) is 15.6. The van der Waals surface area contributed by atoms with Crippen molar-refractivity contribution in [3.8, 4) is 0 Å². The smallest absolute Gasteiger partial charge is 0.325 e. The van der Waals surface area contributed by atoms with Crippen LogP contribution in [0, 0.1) is 0 Å². The van der Waals surface area contributed by atoms with Gasteiger partial charge in [0.15, 0.2) is 0 Å². The number of nitrogens with one attached hydrogen (secondary N) is 2. The van der Waals surface area contributed by atoms with Crippen LogP contribution in [0.5, 0.6) is 0 Å². The highest BCUT2D eigenvalue weighted by molar-refractivity contribution is 7.08. The number of urea groups is 1. The summed E-state index contributed by atoms with van der Waals surface area (Å²) in [6, 6.07) is 9.05. The fourth-order valence-electron chi connectivity index (χ4n) is 3.14. The number of hydrogen-bond donors (Lipinski definition) is 2. The van der Waals surface area contributed by atoms with E-state index < -0.39 is 17.5 Å². The lowest BCUT2D eigenvalue weighted by atomic mass is 9.95. The first-order valence-corrected chi connectivity index (χ1v) is 9.84. The molecule has 1 aromatic heterocycles. The summed E-state index contributed by atoms with van der Waals surface area (Å²) in [5.41, 5.74) is 1.79. The Morgan fingerprint density at radius 2 is 1.96 bits per heavy atom. The maximum atomic E-state index is 12.8. The van der Waals surface area contributed by atoms with E-state index in [9.17, 15) is 14.4 Å². The highest BCUT2D eigenvalue weighted by Gasteiger charge is 2.49. The molecule has 0 saturated carbocycles. The molecule has 0 radical (unpaired) electrons. The maximum Gasteiger partial charge on any atom is 0.325 e. The molecule has 1 aliphatic rings. The van der Waals surface area contributed by atoms with Gasteiger partial charge in [-0.25, -0.2) is 4.79 Å². The topological polar surface area (TPSA) is 78.5 Å². The predicted octanol–water partition coefficient (Wildman–Crippen LogP) is 2.95. The lowest BCUT2D eigenvalue weighted by Gasteiger charge is -2.21. The fraction of sp³-hybridized carbons (Fsp3) is 0.350. The van der Waals surface area contributed by atoms with Gasteiger partial charge in [-0.1, -0.05) is 31.2 Å². The molecule has 0 spiro atoms. The van der Waals surface area contributed by atoms with Gasteiger partial charge in [0.1, 0.15) is 12.1 Å². The van der Waals surface area contributed by atoms with Crippen LogP contribution in [0.15, 0.2) is 41.1 Å². The predicted molar refractivity (Wildman–Crippen MR) is 104 cm³/mol. The summed E-state index contributed by atoms with van der Waals surface area (Å²) in [5.74, 6) is -0.791. The molecule has 2 N–H and O–H groups in total. The van der Waals surface area contributed by atoms with Gasteiger partial charge in [-0.3, -0.25) is 14.5 Å². The van der Waals surface area contributed by atoms with Crippen LogP contribution in [0.2, 0.25) is 0 Å². The summed E-state index contributed by atoms with van der Waals surface area (Å²) in [6.07, 6.45) is 0.954. The molecule has 1 aromatic carbocycles. The molecule has 2 atom stereocenters. The second kappa shape index (κ2) is 7.52. The SMILES string of the molecule is CCc1ccc(C(C)NC(=O)CN2C(=O)NC(C)(c3ccsc3)C2=O)cc1. The molecule has 4 amide bonds. The van der Waals surface area contributed by atoms with Crippen LogP contribution in [0.1, 0.15) is 43.5 Å². The van der Waals surface area contributed by atoms with E-state index in [1.54, 1.807) is 13.0 Å². The molecule has 1 aliphatic heterocycles. The standard InChI is InChI=1S/C20H23N3O3S/c1-4-14-5-7-15(8-6-14)13(2)21-17(24)11-23-18(25)20(3,22-19(23)26)16-9-10-27-12-16/h5-10,12-13H,4,11H2,1-3H3,(H,21,24)(H,22,26). The van der Waals surface area contributed by atoms with Crippen LogP contribution < -0.4 is 10.6 Å². The summed E-state index contributed by atoms with van der Waals surface area (Å²) in [6.45, 7) is 5.31. The van der Waals surface area contributed by atoms with Crippen molar-refractivity contribution in [2.24, 2.45) is 0 Å². The zero-order valence-corrected chi connectivity index (χ0v) is 16.4. The van der Waals surface area contributed by atoms with Gasteiger partial charge in [-0.05, 0) is 53.8 Å². The van der Waals surface area contributed by atoms with Gasteiger partial charge >= 0.3 is 6.03 Å². The van der Waals surface area contributed by atoms with Gasteiger partial charge in [0.2, 0.25) is 5.91 Å². The number of carbonyl (C=O) groups is 3. The first-order chi connectivity index (χ1) is 12.8. The van der Waals surface area contributed by atoms with E-state index in [0.717, 1.165) is 22.4 Å². The molecule has 1 saturated heterocycles. The second-order valence-electron chi connectivity index (χ2n) is 6.84. The van der Waals surface area contributed by atoms with Crippen LogP contribution in [0.4, 0.5) is 4.79 Å². The van der Waals surface area contributed by atoms with Crippen LogP contribution >= 0.6 is 11.3 Å². The van der Waals surface area contributed by atoms with Crippen molar-refractivity contribution in [3.05, 3.63) is 57.8 Å². The first kappa shape index (κ1) is 19.1. The molecule has 0 aliphatic carbocycles. The van der Waals surface area contributed by atoms with Crippen molar-refractivity contribution < 1.29 is 14.4 Å². The largest absolute Gasteiger partial charge is 0.348 e. The molecule has 142 valence electrons. The summed E-state index contributed by atoms with van der Waals surface area (Å²) < 4.78 is 0. The van der Waals surface area contributed by atoms with E-state index in [1.807, 2.05) is 41.9 Å². The van der Waals surface area contributed by atoms with Crippen molar-refractivity contribution in [1.29, 1.82) is 0 Å². The summed E-state index contributed by atoms with van der Waals surface area (Å²) in [5, 5.41) is 9.22. The molecule has 2 unspecified atom stereocenters. The zero-order chi connectivity index (χ0) is 19.6. The Labute approximate surface area is 162 Å². The molecule has 6 nitrogen and oxygen atoms in total. The molecular weight excluding hydrogens is 362 g/mol. The van der Waals surface area contributed by atoms with Crippen LogP contribution in [-0.4, -0.2) is 29.3 Å². The highest BCUT2D eigenvalue weighted by atomic mass is 32.1. The summed E-state index contributed by atoms with van der Waals surface area (Å²) >= 11 is 1.45. The Balaban J connectivity index is 1.65. The van der Waals surface area contributed by atoms with E-state index in [2.05, 4.69) is 17.6 Å². The number of benzene rings is 1. The molecular formula is C20H23N3O3S. The molecule has 0 bridgehead atoms. The Bertz CT molecular complexity index is 848. The van der Waals surface area contributed by atoms with Crippen LogP contribution in [0.25, 0.3) is 0 Å². The van der Waals surface area contributed by atoms with E-state index >= 15 is 0 Å². The third kappa shape index (κ3) is 3.73. The van der Waals surface area contributed by atoms with Crippen molar-refractivity contribution in [3.63, 3.8) is 0 Å². The lowest BCUT2D eigenvalue weighted by Crippen LogP contribution is -2.43. The molecule has 3 rings (SSSR count). The Hall–Kier alpha value is -2.67. The summed E-state index contributed by atoms with van der Waals surface area (Å²) in [7, 11) is 0. The number of thiophene rings is 1. The first-order valence-electron chi connectivity index (χ1n) is 8.90. The number of hydrogen-bond acceptors (Lipinski definition) is 4. The van der Waals surface area contributed by atoms with Gasteiger partial charge in [0.05, 0.1) is 6.04 Å². The van der Waals surface area contributed by atoms with Crippen molar-refractivity contribution >= 4 is 29.2 Å². The third-order valence-corrected chi connectivity index (χ3v) is 5.62. The van der Waals surface area contributed by atoms with Crippen molar-refractivity contribution in [2.45, 2.75) is 38.8 Å². The maximum absolute atomic E-state index is 12.8. The number of aryl methyl sites for hydroxylation is 1. The molecule has 7 heteroatoms. The molecule has 1 fully saturated rings. The monoisotopic (exact) mass is 385 g/mol. The van der Waals surface area contributed by atoms with Crippen molar-refractivity contribution in [2.75, 3.05) is 6.54 Å². The minimum atomic E-state index is -1.13. The quantitative estimate of drug-likeness (QED) is 0.751. The fourth-order valence-corrected chi connectivity index (χ4v) is 3.91. The molecule has 2 heterocycles. The lowest BCUT2D eigenvalue weighted by molar-refractivity contribution is -0.135. The number of rotatable bonds is 6. The van der Waals surface area contributed by atoms with Gasteiger partial charge < -0.3 is 10.6 Å². The minimum Gasteiger partial charge on any atom is -0.348 e. The van der Waals surface area contributed by atoms with E-state index in [4.69, 9.17) is 0 Å². The average molecular weight is 385 g/mol. The summed E-state index contributed by atoms with van der Waals surface area (Å²) in [4.78, 5) is 38.4. The van der Waals surface area contributed by atoms with E-state index in [-0.39, 0.29) is 18.5 Å². The van der Waals surface area contributed by atoms with Gasteiger partial charge in [0, 0.05) is 0 Å².